The molecule has 3 unspecified atom stereocenters. The Bertz CT molecular complexity index is 464. The van der Waals surface area contributed by atoms with E-state index >= 15 is 0 Å². The summed E-state index contributed by atoms with van der Waals surface area (Å²) in [6, 6.07) is 7.91. The highest BCUT2D eigenvalue weighted by molar-refractivity contribution is 6.30. The number of unbranched alkanes of at least 4 members (excludes halogenated alkanes) is 1. The van der Waals surface area contributed by atoms with E-state index in [4.69, 9.17) is 17.3 Å². The molecule has 3 N–H and O–H groups in total. The molecular weight excluding hydrogens is 272 g/mol. The first-order chi connectivity index (χ1) is 9.65. The third-order valence-corrected chi connectivity index (χ3v) is 4.18. The molecule has 2 rings (SSSR count). The summed E-state index contributed by atoms with van der Waals surface area (Å²) in [6.07, 6.45) is 4.11. The van der Waals surface area contributed by atoms with Crippen LogP contribution in [0.25, 0.3) is 0 Å². The molecule has 0 aliphatic heterocycles. The Morgan fingerprint density at radius 1 is 1.55 bits per heavy atom. The van der Waals surface area contributed by atoms with Crippen LogP contribution in [0.2, 0.25) is 5.02 Å². The number of benzene rings is 1. The largest absolute Gasteiger partial charge is 0.352 e. The van der Waals surface area contributed by atoms with Crippen LogP contribution in [0.4, 0.5) is 0 Å². The monoisotopic (exact) mass is 294 g/mol. The van der Waals surface area contributed by atoms with Crippen LogP contribution in [0, 0.1) is 5.92 Å². The normalized spacial score (nSPS) is 22.4. The van der Waals surface area contributed by atoms with Crippen LogP contribution < -0.4 is 11.1 Å². The number of hydrogen-bond donors (Lipinski definition) is 2. The molecule has 0 heterocycles. The maximum atomic E-state index is 12.2. The van der Waals surface area contributed by atoms with Crippen LogP contribution in [-0.2, 0) is 4.79 Å². The van der Waals surface area contributed by atoms with Gasteiger partial charge in [0.15, 0.2) is 0 Å². The highest BCUT2D eigenvalue weighted by Gasteiger charge is 2.44. The van der Waals surface area contributed by atoms with Gasteiger partial charge in [0.2, 0.25) is 5.91 Å². The summed E-state index contributed by atoms with van der Waals surface area (Å²) < 4.78 is 0. The molecule has 0 aromatic heterocycles. The van der Waals surface area contributed by atoms with E-state index in [9.17, 15) is 4.79 Å². The second-order valence-corrected chi connectivity index (χ2v) is 6.02. The smallest absolute Gasteiger partial charge is 0.224 e. The molecule has 20 heavy (non-hydrogen) atoms. The summed E-state index contributed by atoms with van der Waals surface area (Å²) >= 11 is 5.99. The van der Waals surface area contributed by atoms with Crippen molar-refractivity contribution in [3.05, 3.63) is 34.9 Å². The summed E-state index contributed by atoms with van der Waals surface area (Å²) in [5.41, 5.74) is 6.88. The fourth-order valence-corrected chi connectivity index (χ4v) is 2.80. The Hall–Kier alpha value is -1.06. The molecule has 1 aliphatic rings. The second-order valence-electron chi connectivity index (χ2n) is 5.59. The highest BCUT2D eigenvalue weighted by Crippen LogP contribution is 2.48. The van der Waals surface area contributed by atoms with Gasteiger partial charge >= 0.3 is 0 Å². The molecule has 0 spiro atoms. The molecule has 4 heteroatoms. The average Bonchev–Trinajstić information content (AvgIpc) is 3.23. The van der Waals surface area contributed by atoms with Gasteiger partial charge in [-0.2, -0.15) is 0 Å². The lowest BCUT2D eigenvalue weighted by Gasteiger charge is -2.16. The molecule has 0 saturated heterocycles. The third kappa shape index (κ3) is 3.97. The van der Waals surface area contributed by atoms with Gasteiger partial charge in [0.05, 0.1) is 0 Å². The van der Waals surface area contributed by atoms with Crippen LogP contribution in [-0.4, -0.2) is 18.5 Å². The lowest BCUT2D eigenvalue weighted by molar-refractivity contribution is -0.123. The number of carbonyl (C=O) groups excluding carboxylic acids is 1. The molecule has 1 fully saturated rings. The van der Waals surface area contributed by atoms with Crippen LogP contribution >= 0.6 is 11.6 Å². The summed E-state index contributed by atoms with van der Waals surface area (Å²) in [6.45, 7) is 2.66. The highest BCUT2D eigenvalue weighted by atomic mass is 35.5. The van der Waals surface area contributed by atoms with Crippen LogP contribution in [0.15, 0.2) is 24.3 Å². The van der Waals surface area contributed by atoms with Crippen molar-refractivity contribution in [1.29, 1.82) is 0 Å². The average molecular weight is 295 g/mol. The van der Waals surface area contributed by atoms with Crippen molar-refractivity contribution in [2.45, 2.75) is 44.6 Å². The van der Waals surface area contributed by atoms with Gasteiger partial charge in [-0.1, -0.05) is 43.5 Å². The predicted octanol–water partition coefficient (Wildman–Crippen LogP) is 3.08. The predicted molar refractivity (Wildman–Crippen MR) is 82.8 cm³/mol. The third-order valence-electron chi connectivity index (χ3n) is 3.94. The van der Waals surface area contributed by atoms with Crippen molar-refractivity contribution < 1.29 is 4.79 Å². The maximum absolute atomic E-state index is 12.2. The Kier molecular flexibility index (Phi) is 5.44. The van der Waals surface area contributed by atoms with Gasteiger partial charge in [-0.05, 0) is 36.5 Å². The topological polar surface area (TPSA) is 55.1 Å². The summed E-state index contributed by atoms with van der Waals surface area (Å²) in [7, 11) is 0. The number of nitrogens with one attached hydrogen (secondary N) is 1. The minimum absolute atomic E-state index is 0.0872. The molecule has 110 valence electrons. The number of nitrogens with two attached hydrogens (primary N) is 1. The fourth-order valence-electron chi connectivity index (χ4n) is 2.60. The lowest BCUT2D eigenvalue weighted by atomic mass is 10.1. The Morgan fingerprint density at radius 3 is 3.00 bits per heavy atom. The van der Waals surface area contributed by atoms with E-state index in [1.54, 1.807) is 0 Å². The summed E-state index contributed by atoms with van der Waals surface area (Å²) in [5.74, 6) is 0.545. The van der Waals surface area contributed by atoms with E-state index in [-0.39, 0.29) is 17.9 Å². The minimum atomic E-state index is 0.0872. The standard InChI is InChI=1S/C16H23ClN2O/c1-2-3-7-13(10-18)19-16(20)15-9-14(15)11-5-4-6-12(17)8-11/h4-6,8,13-15H,2-3,7,9-10,18H2,1H3,(H,19,20). The number of carbonyl (C=O) groups is 1. The molecule has 0 radical (unpaired) electrons. The van der Waals surface area contributed by atoms with Crippen molar-refractivity contribution in [2.24, 2.45) is 11.7 Å². The van der Waals surface area contributed by atoms with Crippen molar-refractivity contribution in [3.8, 4) is 0 Å². The van der Waals surface area contributed by atoms with Gasteiger partial charge in [0.1, 0.15) is 0 Å². The van der Waals surface area contributed by atoms with E-state index in [1.807, 2.05) is 24.3 Å². The fraction of sp³-hybridized carbons (Fsp3) is 0.562. The quantitative estimate of drug-likeness (QED) is 0.812. The first-order valence-electron chi connectivity index (χ1n) is 7.41. The van der Waals surface area contributed by atoms with Gasteiger partial charge < -0.3 is 11.1 Å². The Morgan fingerprint density at radius 2 is 2.35 bits per heavy atom. The Labute approximate surface area is 125 Å². The van der Waals surface area contributed by atoms with Crippen molar-refractivity contribution in [2.75, 3.05) is 6.54 Å². The van der Waals surface area contributed by atoms with E-state index < -0.39 is 0 Å². The van der Waals surface area contributed by atoms with E-state index in [2.05, 4.69) is 12.2 Å². The van der Waals surface area contributed by atoms with E-state index in [0.29, 0.717) is 12.5 Å². The molecule has 3 nitrogen and oxygen atoms in total. The van der Waals surface area contributed by atoms with E-state index in [1.165, 1.54) is 0 Å². The zero-order valence-corrected chi connectivity index (χ0v) is 12.7. The lowest BCUT2D eigenvalue weighted by Crippen LogP contribution is -2.41. The molecule has 1 amide bonds. The van der Waals surface area contributed by atoms with Crippen molar-refractivity contribution >= 4 is 17.5 Å². The zero-order chi connectivity index (χ0) is 14.5. The maximum Gasteiger partial charge on any atom is 0.224 e. The van der Waals surface area contributed by atoms with Gasteiger partial charge in [-0.15, -0.1) is 0 Å². The molecule has 1 aliphatic carbocycles. The van der Waals surface area contributed by atoms with Crippen LogP contribution in [0.3, 0.4) is 0 Å². The number of hydrogen-bond acceptors (Lipinski definition) is 2. The summed E-state index contributed by atoms with van der Waals surface area (Å²) in [4.78, 5) is 12.2. The molecule has 1 saturated carbocycles. The van der Waals surface area contributed by atoms with Crippen molar-refractivity contribution in [3.63, 3.8) is 0 Å². The number of rotatable bonds is 7. The molecule has 1 aromatic carbocycles. The molecule has 0 bridgehead atoms. The van der Waals surface area contributed by atoms with Gasteiger partial charge in [-0.25, -0.2) is 0 Å². The SMILES string of the molecule is CCCCC(CN)NC(=O)C1CC1c1cccc(Cl)c1. The second kappa shape index (κ2) is 7.09. The zero-order valence-electron chi connectivity index (χ0n) is 11.9. The van der Waals surface area contributed by atoms with E-state index in [0.717, 1.165) is 36.3 Å². The summed E-state index contributed by atoms with van der Waals surface area (Å²) in [5, 5.41) is 3.81. The van der Waals surface area contributed by atoms with Gasteiger partial charge in [0.25, 0.3) is 0 Å². The molecule has 1 aromatic rings. The van der Waals surface area contributed by atoms with Crippen LogP contribution in [0.1, 0.15) is 44.1 Å². The van der Waals surface area contributed by atoms with Gasteiger partial charge in [-0.3, -0.25) is 4.79 Å². The van der Waals surface area contributed by atoms with Crippen LogP contribution in [0.5, 0.6) is 0 Å². The van der Waals surface area contributed by atoms with Gasteiger partial charge in [0, 0.05) is 23.5 Å². The Balaban J connectivity index is 1.86. The van der Waals surface area contributed by atoms with Crippen molar-refractivity contribution in [1.82, 2.24) is 5.32 Å². The number of halogens is 1. The molecular formula is C16H23ClN2O. The molecule has 3 atom stereocenters. The minimum Gasteiger partial charge on any atom is -0.352 e. The number of amides is 1. The first kappa shape index (κ1) is 15.3. The first-order valence-corrected chi connectivity index (χ1v) is 7.79.